The van der Waals surface area contributed by atoms with E-state index in [0.29, 0.717) is 40.2 Å². The number of nitrogens with zero attached hydrogens (tertiary/aromatic N) is 2. The van der Waals surface area contributed by atoms with E-state index in [2.05, 4.69) is 34.6 Å². The van der Waals surface area contributed by atoms with Gasteiger partial charge in [0, 0.05) is 49.4 Å². The van der Waals surface area contributed by atoms with Gasteiger partial charge in [0.05, 0.1) is 5.02 Å². The molecule has 2 heterocycles. The number of allylic oxidation sites excluding steroid dienone is 1. The lowest BCUT2D eigenvalue weighted by atomic mass is 9.88. The van der Waals surface area contributed by atoms with E-state index in [1.165, 1.54) is 16.9 Å². The highest BCUT2D eigenvalue weighted by molar-refractivity contribution is 7.12. The number of benzene rings is 2. The van der Waals surface area contributed by atoms with Crippen molar-refractivity contribution in [1.29, 1.82) is 0 Å². The van der Waals surface area contributed by atoms with Crippen molar-refractivity contribution in [2.45, 2.75) is 25.7 Å². The van der Waals surface area contributed by atoms with E-state index < -0.39 is 0 Å². The smallest absolute Gasteiger partial charge is 0.267 e. The van der Waals surface area contributed by atoms with Crippen molar-refractivity contribution in [1.82, 2.24) is 4.90 Å². The molecule has 2 amide bonds. The fourth-order valence-corrected chi connectivity index (χ4v) is 5.46. The van der Waals surface area contributed by atoms with Crippen LogP contribution in [0.3, 0.4) is 0 Å². The topological polar surface area (TPSA) is 87.8 Å². The Morgan fingerprint density at radius 3 is 2.42 bits per heavy atom. The number of nitrogens with two attached hydrogens (primary N) is 1. The van der Waals surface area contributed by atoms with E-state index in [-0.39, 0.29) is 11.8 Å². The van der Waals surface area contributed by atoms with Gasteiger partial charge in [-0.05, 0) is 66.0 Å². The molecule has 0 spiro atoms. The molecule has 0 bridgehead atoms. The van der Waals surface area contributed by atoms with Crippen molar-refractivity contribution >= 4 is 52.2 Å². The number of piperidine rings is 1. The molecule has 1 saturated heterocycles. The van der Waals surface area contributed by atoms with E-state index in [0.717, 1.165) is 29.5 Å². The van der Waals surface area contributed by atoms with Crippen LogP contribution in [0.2, 0.25) is 5.02 Å². The van der Waals surface area contributed by atoms with Crippen LogP contribution in [0, 0.1) is 6.92 Å². The number of aliphatic imine (C=N–C) groups is 1. The van der Waals surface area contributed by atoms with Crippen LogP contribution in [0.15, 0.2) is 65.1 Å². The number of hydrogen-bond donors (Lipinski definition) is 2. The van der Waals surface area contributed by atoms with Gasteiger partial charge in [-0.2, -0.15) is 0 Å². The van der Waals surface area contributed by atoms with E-state index in [1.54, 1.807) is 37.0 Å². The SMILES string of the molecule is CN=CC(=CN)c1ccc(C2CCN(C(=O)c3ccc(C)c(NC(=O)c4sccc4Cl)c3)CC2)cc1. The normalized spacial score (nSPS) is 14.9. The molecule has 1 fully saturated rings. The van der Waals surface area contributed by atoms with Gasteiger partial charge in [-0.1, -0.05) is 41.9 Å². The van der Waals surface area contributed by atoms with Crippen LogP contribution >= 0.6 is 22.9 Å². The van der Waals surface area contributed by atoms with Gasteiger partial charge in [0.1, 0.15) is 4.88 Å². The Bertz CT molecular complexity index is 1310. The molecule has 3 N–H and O–H groups in total. The lowest BCUT2D eigenvalue weighted by Crippen LogP contribution is -2.38. The summed E-state index contributed by atoms with van der Waals surface area (Å²) in [6, 6.07) is 15.5. The largest absolute Gasteiger partial charge is 0.404 e. The number of carbonyl (C=O) groups is 2. The Hall–Kier alpha value is -3.42. The number of thiophene rings is 1. The number of hydrogen-bond acceptors (Lipinski definition) is 5. The summed E-state index contributed by atoms with van der Waals surface area (Å²) >= 11 is 7.38. The quantitative estimate of drug-likeness (QED) is 0.392. The van der Waals surface area contributed by atoms with Gasteiger partial charge in [-0.15, -0.1) is 11.3 Å². The lowest BCUT2D eigenvalue weighted by Gasteiger charge is -2.32. The third-order valence-electron chi connectivity index (χ3n) is 6.50. The Morgan fingerprint density at radius 2 is 1.81 bits per heavy atom. The van der Waals surface area contributed by atoms with Crippen LogP contribution in [0.5, 0.6) is 0 Å². The number of aryl methyl sites for hydroxylation is 1. The Labute approximate surface area is 220 Å². The highest BCUT2D eigenvalue weighted by Gasteiger charge is 2.25. The lowest BCUT2D eigenvalue weighted by molar-refractivity contribution is 0.0712. The van der Waals surface area contributed by atoms with Crippen LogP contribution < -0.4 is 11.1 Å². The third-order valence-corrected chi connectivity index (χ3v) is 7.84. The fraction of sp³-hybridized carbons (Fsp3) is 0.250. The molecule has 1 aromatic heterocycles. The average molecular weight is 521 g/mol. The van der Waals surface area contributed by atoms with Crippen molar-refractivity contribution in [3.8, 4) is 0 Å². The minimum atomic E-state index is -0.273. The van der Waals surface area contributed by atoms with Gasteiger partial charge in [-0.25, -0.2) is 0 Å². The minimum absolute atomic E-state index is 0.0231. The minimum Gasteiger partial charge on any atom is -0.404 e. The maximum absolute atomic E-state index is 13.3. The van der Waals surface area contributed by atoms with Crippen LogP contribution in [-0.2, 0) is 0 Å². The van der Waals surface area contributed by atoms with Crippen molar-refractivity contribution in [3.63, 3.8) is 0 Å². The molecule has 3 aromatic rings. The molecule has 0 radical (unpaired) electrons. The van der Waals surface area contributed by atoms with Crippen molar-refractivity contribution < 1.29 is 9.59 Å². The first-order valence-corrected chi connectivity index (χ1v) is 13.1. The highest BCUT2D eigenvalue weighted by Crippen LogP contribution is 2.30. The molecule has 36 heavy (non-hydrogen) atoms. The zero-order valence-corrected chi connectivity index (χ0v) is 21.9. The summed E-state index contributed by atoms with van der Waals surface area (Å²) in [4.78, 5) is 32.3. The summed E-state index contributed by atoms with van der Waals surface area (Å²) in [5.41, 5.74) is 11.0. The Kier molecular flexibility index (Phi) is 8.23. The van der Waals surface area contributed by atoms with Gasteiger partial charge in [0.15, 0.2) is 0 Å². The van der Waals surface area contributed by atoms with E-state index in [1.807, 2.05) is 24.0 Å². The first kappa shape index (κ1) is 25.7. The number of carbonyl (C=O) groups excluding carboxylic acids is 2. The molecular weight excluding hydrogens is 492 g/mol. The van der Waals surface area contributed by atoms with Gasteiger partial charge in [0.25, 0.3) is 11.8 Å². The standard InChI is InChI=1S/C28H29ClN4O2S/c1-18-3-4-22(15-25(18)32-27(34)26-24(29)11-14-36-26)28(35)33-12-9-21(10-13-33)19-5-7-20(8-6-19)23(16-30)17-31-2/h3-8,11,14-17,21H,9-10,12-13,30H2,1-2H3,(H,32,34). The maximum atomic E-state index is 13.3. The number of amides is 2. The molecule has 6 nitrogen and oxygen atoms in total. The molecule has 8 heteroatoms. The number of rotatable bonds is 6. The summed E-state index contributed by atoms with van der Waals surface area (Å²) in [5, 5.41) is 5.10. The molecule has 4 rings (SSSR count). The van der Waals surface area contributed by atoms with Crippen LogP contribution in [0.25, 0.3) is 5.57 Å². The number of likely N-dealkylation sites (tertiary alicyclic amines) is 1. The zero-order chi connectivity index (χ0) is 25.7. The summed E-state index contributed by atoms with van der Waals surface area (Å²) < 4.78 is 0. The molecule has 1 aliphatic heterocycles. The van der Waals surface area contributed by atoms with Gasteiger partial charge < -0.3 is 16.0 Å². The number of nitrogens with one attached hydrogen (secondary N) is 1. The van der Waals surface area contributed by atoms with Gasteiger partial charge in [-0.3, -0.25) is 14.6 Å². The molecule has 186 valence electrons. The van der Waals surface area contributed by atoms with E-state index >= 15 is 0 Å². The first-order chi connectivity index (χ1) is 17.4. The Balaban J connectivity index is 1.40. The van der Waals surface area contributed by atoms with Gasteiger partial charge in [0.2, 0.25) is 0 Å². The molecular formula is C28H29ClN4O2S. The van der Waals surface area contributed by atoms with E-state index in [9.17, 15) is 9.59 Å². The monoisotopic (exact) mass is 520 g/mol. The predicted octanol–water partition coefficient (Wildman–Crippen LogP) is 5.98. The molecule has 1 aliphatic rings. The fourth-order valence-electron chi connectivity index (χ4n) is 4.42. The molecule has 0 atom stereocenters. The van der Waals surface area contributed by atoms with Crippen molar-refractivity contribution in [2.24, 2.45) is 10.7 Å². The predicted molar refractivity (Wildman–Crippen MR) is 149 cm³/mol. The third kappa shape index (κ3) is 5.69. The molecule has 0 unspecified atom stereocenters. The summed E-state index contributed by atoms with van der Waals surface area (Å²) in [5.74, 6) is 0.104. The van der Waals surface area contributed by atoms with Crippen LogP contribution in [0.4, 0.5) is 5.69 Å². The molecule has 0 aliphatic carbocycles. The maximum Gasteiger partial charge on any atom is 0.267 e. The zero-order valence-electron chi connectivity index (χ0n) is 20.3. The molecule has 0 saturated carbocycles. The second-order valence-electron chi connectivity index (χ2n) is 8.78. The second kappa shape index (κ2) is 11.5. The summed E-state index contributed by atoms with van der Waals surface area (Å²) in [6.07, 6.45) is 5.10. The van der Waals surface area contributed by atoms with Crippen LogP contribution in [0.1, 0.15) is 55.5 Å². The first-order valence-electron chi connectivity index (χ1n) is 11.8. The highest BCUT2D eigenvalue weighted by atomic mass is 35.5. The van der Waals surface area contributed by atoms with Crippen molar-refractivity contribution in [2.75, 3.05) is 25.5 Å². The molecule has 2 aromatic carbocycles. The van der Waals surface area contributed by atoms with Gasteiger partial charge >= 0.3 is 0 Å². The number of halogens is 1. The van der Waals surface area contributed by atoms with Crippen LogP contribution in [-0.4, -0.2) is 43.1 Å². The van der Waals surface area contributed by atoms with Crippen molar-refractivity contribution in [3.05, 3.63) is 92.3 Å². The number of anilines is 1. The summed E-state index contributed by atoms with van der Waals surface area (Å²) in [6.45, 7) is 3.27. The average Bonchev–Trinajstić information content (AvgIpc) is 3.34. The Morgan fingerprint density at radius 1 is 1.11 bits per heavy atom. The second-order valence-corrected chi connectivity index (χ2v) is 10.1. The summed E-state index contributed by atoms with van der Waals surface area (Å²) in [7, 11) is 1.72. The van der Waals surface area contributed by atoms with E-state index in [4.69, 9.17) is 17.3 Å².